The summed E-state index contributed by atoms with van der Waals surface area (Å²) in [6.45, 7) is 2.08. The summed E-state index contributed by atoms with van der Waals surface area (Å²) in [5, 5.41) is 0.396. The first-order valence-electron chi connectivity index (χ1n) is 9.30. The molecule has 11 heteroatoms. The second-order valence-electron chi connectivity index (χ2n) is 7.28. The predicted octanol–water partition coefficient (Wildman–Crippen LogP) is 4.48. The van der Waals surface area contributed by atoms with Crippen molar-refractivity contribution in [2.24, 2.45) is 0 Å². The molecule has 0 spiro atoms. The van der Waals surface area contributed by atoms with E-state index in [9.17, 15) is 26.4 Å². The van der Waals surface area contributed by atoms with Gasteiger partial charge in [0.05, 0.1) is 16.9 Å². The van der Waals surface area contributed by atoms with E-state index in [-0.39, 0.29) is 46.9 Å². The average Bonchev–Trinajstić information content (AvgIpc) is 2.66. The maximum atomic E-state index is 13.0. The minimum atomic E-state index is -4.44. The van der Waals surface area contributed by atoms with Gasteiger partial charge in [-0.3, -0.25) is 4.79 Å². The summed E-state index contributed by atoms with van der Waals surface area (Å²) in [4.78, 5) is 14.1. The standard InChI is InChI=1S/C20H19Cl2F3N2O3S/c1-13-12-26(19(28)8-14-2-4-15(5-3-14)20(23,24)25)6-7-27(13)31(29,30)18-10-16(21)9-17(22)11-18/h2-5,9-11,13H,6-8,12H2,1H3. The summed E-state index contributed by atoms with van der Waals surface area (Å²) in [6, 6.07) is 7.98. The van der Waals surface area contributed by atoms with E-state index in [4.69, 9.17) is 23.2 Å². The number of hydrogen-bond acceptors (Lipinski definition) is 3. The molecule has 0 radical (unpaired) electrons. The van der Waals surface area contributed by atoms with E-state index in [0.29, 0.717) is 5.56 Å². The third-order valence-electron chi connectivity index (χ3n) is 5.00. The van der Waals surface area contributed by atoms with Crippen LogP contribution < -0.4 is 0 Å². The van der Waals surface area contributed by atoms with Crippen molar-refractivity contribution in [3.63, 3.8) is 0 Å². The summed E-state index contributed by atoms with van der Waals surface area (Å²) >= 11 is 11.9. The van der Waals surface area contributed by atoms with Crippen LogP contribution in [0, 0.1) is 0 Å². The molecular weight excluding hydrogens is 476 g/mol. The molecule has 1 atom stereocenters. The monoisotopic (exact) mass is 494 g/mol. The van der Waals surface area contributed by atoms with Crippen LogP contribution in [-0.4, -0.2) is 49.2 Å². The number of hydrogen-bond donors (Lipinski definition) is 0. The van der Waals surface area contributed by atoms with Crippen molar-refractivity contribution in [2.75, 3.05) is 19.6 Å². The number of halogens is 5. The highest BCUT2D eigenvalue weighted by Crippen LogP contribution is 2.30. The number of rotatable bonds is 4. The zero-order valence-electron chi connectivity index (χ0n) is 16.4. The molecule has 31 heavy (non-hydrogen) atoms. The van der Waals surface area contributed by atoms with Gasteiger partial charge in [-0.15, -0.1) is 0 Å². The van der Waals surface area contributed by atoms with E-state index in [2.05, 4.69) is 0 Å². The molecule has 0 N–H and O–H groups in total. The SMILES string of the molecule is CC1CN(C(=O)Cc2ccc(C(F)(F)F)cc2)CCN1S(=O)(=O)c1cc(Cl)cc(Cl)c1. The Labute approximate surface area is 188 Å². The number of nitrogens with zero attached hydrogens (tertiary/aromatic N) is 2. The lowest BCUT2D eigenvalue weighted by atomic mass is 10.1. The largest absolute Gasteiger partial charge is 0.416 e. The Morgan fingerprint density at radius 1 is 1.06 bits per heavy atom. The van der Waals surface area contributed by atoms with Gasteiger partial charge in [0.15, 0.2) is 0 Å². The zero-order valence-corrected chi connectivity index (χ0v) is 18.7. The molecule has 168 valence electrons. The van der Waals surface area contributed by atoms with Crippen LogP contribution in [0.25, 0.3) is 0 Å². The first-order valence-corrected chi connectivity index (χ1v) is 11.5. The highest BCUT2D eigenvalue weighted by molar-refractivity contribution is 7.89. The fourth-order valence-electron chi connectivity index (χ4n) is 3.44. The van der Waals surface area contributed by atoms with Crippen molar-refractivity contribution < 1.29 is 26.4 Å². The topological polar surface area (TPSA) is 57.7 Å². The quantitative estimate of drug-likeness (QED) is 0.629. The highest BCUT2D eigenvalue weighted by atomic mass is 35.5. The molecule has 3 rings (SSSR count). The van der Waals surface area contributed by atoms with Gasteiger partial charge in [0, 0.05) is 35.7 Å². The van der Waals surface area contributed by atoms with Crippen molar-refractivity contribution in [1.29, 1.82) is 0 Å². The second kappa shape index (κ2) is 8.97. The van der Waals surface area contributed by atoms with E-state index in [1.54, 1.807) is 6.92 Å². The molecule has 1 amide bonds. The van der Waals surface area contributed by atoms with Crippen LogP contribution in [0.2, 0.25) is 10.0 Å². The molecule has 1 fully saturated rings. The molecule has 1 unspecified atom stereocenters. The van der Waals surface area contributed by atoms with Crippen molar-refractivity contribution in [1.82, 2.24) is 9.21 Å². The molecule has 1 saturated heterocycles. The van der Waals surface area contributed by atoms with Gasteiger partial charge in [-0.05, 0) is 42.8 Å². The van der Waals surface area contributed by atoms with Gasteiger partial charge in [-0.2, -0.15) is 17.5 Å². The lowest BCUT2D eigenvalue weighted by Gasteiger charge is -2.39. The summed E-state index contributed by atoms with van der Waals surface area (Å²) in [5.74, 6) is -0.283. The van der Waals surface area contributed by atoms with Crippen LogP contribution in [0.5, 0.6) is 0 Å². The van der Waals surface area contributed by atoms with Gasteiger partial charge in [0.25, 0.3) is 0 Å². The molecule has 1 aliphatic heterocycles. The number of carbonyl (C=O) groups is 1. The Kier molecular flexibility index (Phi) is 6.90. The summed E-state index contributed by atoms with van der Waals surface area (Å²) < 4.78 is 65.3. The highest BCUT2D eigenvalue weighted by Gasteiger charge is 2.35. The first-order chi connectivity index (χ1) is 14.4. The second-order valence-corrected chi connectivity index (χ2v) is 10.0. The fraction of sp³-hybridized carbons (Fsp3) is 0.350. The molecule has 0 aromatic heterocycles. The van der Waals surface area contributed by atoms with E-state index >= 15 is 0 Å². The zero-order chi connectivity index (χ0) is 23.0. The van der Waals surface area contributed by atoms with Crippen LogP contribution in [0.15, 0.2) is 47.4 Å². The van der Waals surface area contributed by atoms with Gasteiger partial charge >= 0.3 is 6.18 Å². The molecule has 0 aliphatic carbocycles. The minimum Gasteiger partial charge on any atom is -0.339 e. The van der Waals surface area contributed by atoms with Gasteiger partial charge in [-0.25, -0.2) is 8.42 Å². The van der Waals surface area contributed by atoms with Gasteiger partial charge in [0.1, 0.15) is 0 Å². The Balaban J connectivity index is 1.67. The summed E-state index contributed by atoms with van der Waals surface area (Å²) in [6.07, 6.45) is -4.51. The summed E-state index contributed by atoms with van der Waals surface area (Å²) in [5.41, 5.74) is -0.327. The molecule has 2 aromatic rings. The molecule has 1 aliphatic rings. The number of benzene rings is 2. The molecule has 0 bridgehead atoms. The van der Waals surface area contributed by atoms with Crippen LogP contribution >= 0.6 is 23.2 Å². The number of alkyl halides is 3. The maximum absolute atomic E-state index is 13.0. The predicted molar refractivity (Wildman–Crippen MR) is 112 cm³/mol. The average molecular weight is 495 g/mol. The Morgan fingerprint density at radius 2 is 1.65 bits per heavy atom. The van der Waals surface area contributed by atoms with Crippen LogP contribution in [0.1, 0.15) is 18.1 Å². The molecule has 5 nitrogen and oxygen atoms in total. The molecule has 0 saturated carbocycles. The number of carbonyl (C=O) groups excluding carboxylic acids is 1. The smallest absolute Gasteiger partial charge is 0.339 e. The lowest BCUT2D eigenvalue weighted by molar-refractivity contribution is -0.137. The molecule has 1 heterocycles. The number of amides is 1. The normalized spacial score (nSPS) is 18.3. The Morgan fingerprint density at radius 3 is 2.16 bits per heavy atom. The van der Waals surface area contributed by atoms with Crippen molar-refractivity contribution in [2.45, 2.75) is 30.5 Å². The molecule has 2 aromatic carbocycles. The fourth-order valence-corrected chi connectivity index (χ4v) is 5.78. The van der Waals surface area contributed by atoms with Crippen molar-refractivity contribution in [3.8, 4) is 0 Å². The lowest BCUT2D eigenvalue weighted by Crippen LogP contribution is -2.55. The Hall–Kier alpha value is -1.81. The number of sulfonamides is 1. The minimum absolute atomic E-state index is 0.0265. The van der Waals surface area contributed by atoms with E-state index in [0.717, 1.165) is 12.1 Å². The maximum Gasteiger partial charge on any atom is 0.416 e. The van der Waals surface area contributed by atoms with Crippen LogP contribution in [0.4, 0.5) is 13.2 Å². The van der Waals surface area contributed by atoms with Crippen LogP contribution in [0.3, 0.4) is 0 Å². The third-order valence-corrected chi connectivity index (χ3v) is 7.43. The summed E-state index contributed by atoms with van der Waals surface area (Å²) in [7, 11) is -3.86. The first kappa shape index (κ1) is 23.8. The van der Waals surface area contributed by atoms with E-state index < -0.39 is 27.8 Å². The Bertz CT molecular complexity index is 1060. The van der Waals surface area contributed by atoms with Gasteiger partial charge in [0.2, 0.25) is 15.9 Å². The third kappa shape index (κ3) is 5.52. The molecular formula is C20H19Cl2F3N2O3S. The van der Waals surface area contributed by atoms with Gasteiger partial charge < -0.3 is 4.90 Å². The number of piperazine rings is 1. The van der Waals surface area contributed by atoms with E-state index in [1.807, 2.05) is 0 Å². The van der Waals surface area contributed by atoms with Crippen molar-refractivity contribution >= 4 is 39.1 Å². The van der Waals surface area contributed by atoms with Crippen molar-refractivity contribution in [3.05, 3.63) is 63.6 Å². The van der Waals surface area contributed by atoms with E-state index in [1.165, 1.54) is 39.5 Å². The van der Waals surface area contributed by atoms with Gasteiger partial charge in [-0.1, -0.05) is 35.3 Å². The van der Waals surface area contributed by atoms with Crippen LogP contribution in [-0.2, 0) is 27.4 Å².